The van der Waals surface area contributed by atoms with E-state index in [1.807, 2.05) is 29.2 Å². The highest BCUT2D eigenvalue weighted by Crippen LogP contribution is 2.39. The summed E-state index contributed by atoms with van der Waals surface area (Å²) in [5, 5.41) is 9.70. The Balaban J connectivity index is 1.14. The Labute approximate surface area is 202 Å². The standard InChI is InChI=1S/C28H32ClN3O/c1-19(23-15-24-18-32(25-8-9-25)28(33)27(24)26(29)16-23)31-12-10-20(11-13-31)4-2-5-21-6-3-7-22(14-21)17-30/h3,6-7,14-16,19-20,25H,2,4-5,8-13,18H2,1H3. The molecule has 3 aliphatic rings. The molecule has 1 atom stereocenters. The third-order valence-corrected chi connectivity index (χ3v) is 8.11. The molecule has 5 heteroatoms. The molecule has 0 aromatic heterocycles. The summed E-state index contributed by atoms with van der Waals surface area (Å²) < 4.78 is 0. The largest absolute Gasteiger partial charge is 0.331 e. The van der Waals surface area contributed by atoms with E-state index in [9.17, 15) is 4.79 Å². The van der Waals surface area contributed by atoms with Crippen LogP contribution in [-0.2, 0) is 13.0 Å². The number of benzene rings is 2. The number of nitriles is 1. The highest BCUT2D eigenvalue weighted by Gasteiger charge is 2.39. The number of amides is 1. The van der Waals surface area contributed by atoms with E-state index in [4.69, 9.17) is 16.9 Å². The summed E-state index contributed by atoms with van der Waals surface area (Å²) in [6, 6.07) is 15.2. The van der Waals surface area contributed by atoms with E-state index in [-0.39, 0.29) is 5.91 Å². The molecule has 2 aliphatic heterocycles. The van der Waals surface area contributed by atoms with Gasteiger partial charge < -0.3 is 4.90 Å². The van der Waals surface area contributed by atoms with Crippen molar-refractivity contribution in [1.82, 2.24) is 9.80 Å². The zero-order chi connectivity index (χ0) is 22.9. The summed E-state index contributed by atoms with van der Waals surface area (Å²) in [6.45, 7) is 5.21. The smallest absolute Gasteiger partial charge is 0.256 e. The van der Waals surface area contributed by atoms with E-state index in [1.165, 1.54) is 36.8 Å². The minimum Gasteiger partial charge on any atom is -0.331 e. The van der Waals surface area contributed by atoms with E-state index < -0.39 is 0 Å². The first-order chi connectivity index (χ1) is 16.0. The molecule has 2 aromatic carbocycles. The first-order valence-electron chi connectivity index (χ1n) is 12.4. The number of nitrogens with zero attached hydrogens (tertiary/aromatic N) is 3. The van der Waals surface area contributed by atoms with Gasteiger partial charge in [0, 0.05) is 18.6 Å². The van der Waals surface area contributed by atoms with Crippen LogP contribution in [0.2, 0.25) is 5.02 Å². The maximum absolute atomic E-state index is 12.7. The van der Waals surface area contributed by atoms with Gasteiger partial charge in [0.2, 0.25) is 0 Å². The fourth-order valence-electron chi connectivity index (χ4n) is 5.60. The zero-order valence-electron chi connectivity index (χ0n) is 19.4. The molecule has 0 N–H and O–H groups in total. The van der Waals surface area contributed by atoms with Crippen molar-refractivity contribution in [2.75, 3.05) is 13.1 Å². The number of carbonyl (C=O) groups is 1. The summed E-state index contributed by atoms with van der Waals surface area (Å²) >= 11 is 6.61. The summed E-state index contributed by atoms with van der Waals surface area (Å²) in [7, 11) is 0. The highest BCUT2D eigenvalue weighted by molar-refractivity contribution is 6.34. The molecule has 1 unspecified atom stereocenters. The molecule has 33 heavy (non-hydrogen) atoms. The maximum Gasteiger partial charge on any atom is 0.256 e. The van der Waals surface area contributed by atoms with Gasteiger partial charge in [0.25, 0.3) is 5.91 Å². The van der Waals surface area contributed by atoms with Crippen molar-refractivity contribution >= 4 is 17.5 Å². The fourth-order valence-corrected chi connectivity index (χ4v) is 5.93. The molecule has 0 radical (unpaired) electrons. The molecule has 0 spiro atoms. The minimum atomic E-state index is 0.122. The number of halogens is 1. The van der Waals surface area contributed by atoms with Crippen molar-refractivity contribution in [1.29, 1.82) is 5.26 Å². The maximum atomic E-state index is 12.7. The Morgan fingerprint density at radius 2 is 1.94 bits per heavy atom. The lowest BCUT2D eigenvalue weighted by molar-refractivity contribution is 0.0767. The summed E-state index contributed by atoms with van der Waals surface area (Å²) in [6.07, 6.45) is 8.20. The second kappa shape index (κ2) is 9.49. The topological polar surface area (TPSA) is 47.3 Å². The molecule has 2 heterocycles. The third kappa shape index (κ3) is 4.81. The van der Waals surface area contributed by atoms with Crippen LogP contribution in [0.3, 0.4) is 0 Å². The lowest BCUT2D eigenvalue weighted by Gasteiger charge is -2.36. The number of rotatable bonds is 7. The van der Waals surface area contributed by atoms with Crippen molar-refractivity contribution in [3.05, 3.63) is 69.2 Å². The normalized spacial score (nSPS) is 20.0. The van der Waals surface area contributed by atoms with Crippen LogP contribution in [-0.4, -0.2) is 34.8 Å². The van der Waals surface area contributed by atoms with Crippen molar-refractivity contribution in [2.24, 2.45) is 5.92 Å². The molecule has 1 aliphatic carbocycles. The van der Waals surface area contributed by atoms with Crippen LogP contribution in [0.15, 0.2) is 36.4 Å². The highest BCUT2D eigenvalue weighted by atomic mass is 35.5. The molecule has 1 saturated heterocycles. The average molecular weight is 462 g/mol. The van der Waals surface area contributed by atoms with Crippen LogP contribution in [0.5, 0.6) is 0 Å². The lowest BCUT2D eigenvalue weighted by atomic mass is 9.89. The van der Waals surface area contributed by atoms with E-state index in [0.717, 1.165) is 61.5 Å². The quantitative estimate of drug-likeness (QED) is 0.498. The summed E-state index contributed by atoms with van der Waals surface area (Å²) in [5.74, 6) is 0.901. The van der Waals surface area contributed by atoms with Crippen LogP contribution in [0, 0.1) is 17.2 Å². The number of piperidine rings is 1. The monoisotopic (exact) mass is 461 g/mol. The van der Waals surface area contributed by atoms with Gasteiger partial charge in [-0.15, -0.1) is 0 Å². The van der Waals surface area contributed by atoms with Crippen LogP contribution < -0.4 is 0 Å². The van der Waals surface area contributed by atoms with Gasteiger partial charge in [-0.1, -0.05) is 36.2 Å². The molecule has 0 bridgehead atoms. The minimum absolute atomic E-state index is 0.122. The first-order valence-corrected chi connectivity index (χ1v) is 12.8. The first kappa shape index (κ1) is 22.4. The molecule has 5 rings (SSSR count). The van der Waals surface area contributed by atoms with Gasteiger partial charge in [0.15, 0.2) is 0 Å². The fraction of sp³-hybridized carbons (Fsp3) is 0.500. The number of hydrogen-bond acceptors (Lipinski definition) is 3. The lowest BCUT2D eigenvalue weighted by Crippen LogP contribution is -2.35. The van der Waals surface area contributed by atoms with Gasteiger partial charge in [0.05, 0.1) is 22.2 Å². The van der Waals surface area contributed by atoms with Crippen LogP contribution in [0.1, 0.15) is 84.1 Å². The Hall–Kier alpha value is -2.35. The molecule has 2 aromatic rings. The Kier molecular flexibility index (Phi) is 6.45. The van der Waals surface area contributed by atoms with Crippen molar-refractivity contribution in [2.45, 2.75) is 70.5 Å². The SMILES string of the molecule is CC(c1cc(Cl)c2c(c1)CN(C1CC1)C2=O)N1CCC(CCCc2cccc(C#N)c2)CC1. The van der Waals surface area contributed by atoms with Crippen molar-refractivity contribution in [3.8, 4) is 6.07 Å². The molecule has 1 saturated carbocycles. The van der Waals surface area contributed by atoms with E-state index >= 15 is 0 Å². The number of hydrogen-bond donors (Lipinski definition) is 0. The van der Waals surface area contributed by atoms with Gasteiger partial charge in [-0.25, -0.2) is 0 Å². The molecule has 4 nitrogen and oxygen atoms in total. The predicted octanol–water partition coefficient (Wildman–Crippen LogP) is 6.13. The summed E-state index contributed by atoms with van der Waals surface area (Å²) in [5.41, 5.74) is 5.11. The van der Waals surface area contributed by atoms with Crippen LogP contribution in [0.4, 0.5) is 0 Å². The second-order valence-electron chi connectivity index (χ2n) is 10.1. The zero-order valence-corrected chi connectivity index (χ0v) is 20.2. The molecule has 1 amide bonds. The Morgan fingerprint density at radius 1 is 1.15 bits per heavy atom. The third-order valence-electron chi connectivity index (χ3n) is 7.81. The molecular formula is C28H32ClN3O. The van der Waals surface area contributed by atoms with Gasteiger partial charge in [-0.05, 0) is 99.3 Å². The Morgan fingerprint density at radius 3 is 2.67 bits per heavy atom. The predicted molar refractivity (Wildman–Crippen MR) is 131 cm³/mol. The van der Waals surface area contributed by atoms with Crippen LogP contribution in [0.25, 0.3) is 0 Å². The van der Waals surface area contributed by atoms with Gasteiger partial charge in [0.1, 0.15) is 0 Å². The number of fused-ring (bicyclic) bond motifs is 1. The van der Waals surface area contributed by atoms with Crippen molar-refractivity contribution in [3.63, 3.8) is 0 Å². The molecule has 172 valence electrons. The number of carbonyl (C=O) groups excluding carboxylic acids is 1. The van der Waals surface area contributed by atoms with Gasteiger partial charge in [-0.3, -0.25) is 9.69 Å². The van der Waals surface area contributed by atoms with Crippen LogP contribution >= 0.6 is 11.6 Å². The molecular weight excluding hydrogens is 430 g/mol. The molecule has 2 fully saturated rings. The Bertz CT molecular complexity index is 1080. The van der Waals surface area contributed by atoms with Gasteiger partial charge >= 0.3 is 0 Å². The summed E-state index contributed by atoms with van der Waals surface area (Å²) in [4.78, 5) is 17.3. The van der Waals surface area contributed by atoms with E-state index in [1.54, 1.807) is 0 Å². The second-order valence-corrected chi connectivity index (χ2v) is 10.5. The van der Waals surface area contributed by atoms with E-state index in [2.05, 4.69) is 30.0 Å². The number of aryl methyl sites for hydroxylation is 1. The number of likely N-dealkylation sites (tertiary alicyclic amines) is 1. The van der Waals surface area contributed by atoms with Gasteiger partial charge in [-0.2, -0.15) is 5.26 Å². The van der Waals surface area contributed by atoms with E-state index in [0.29, 0.717) is 17.1 Å². The van der Waals surface area contributed by atoms with Crippen molar-refractivity contribution < 1.29 is 4.79 Å². The average Bonchev–Trinajstić information content (AvgIpc) is 3.62.